The fraction of sp³-hybridized carbons (Fsp3) is 0.391. The predicted molar refractivity (Wildman–Crippen MR) is 114 cm³/mol. The lowest BCUT2D eigenvalue weighted by molar-refractivity contribution is -0.124. The van der Waals surface area contributed by atoms with Gasteiger partial charge < -0.3 is 15.1 Å². The third-order valence-electron chi connectivity index (χ3n) is 5.59. The van der Waals surface area contributed by atoms with Gasteiger partial charge in [0, 0.05) is 37.3 Å². The zero-order chi connectivity index (χ0) is 20.1. The molecule has 1 aliphatic heterocycles. The molecule has 0 saturated carbocycles. The van der Waals surface area contributed by atoms with Crippen LogP contribution in [-0.4, -0.2) is 42.9 Å². The van der Waals surface area contributed by atoms with Crippen LogP contribution in [-0.2, 0) is 4.79 Å². The van der Waals surface area contributed by atoms with Crippen molar-refractivity contribution in [1.29, 1.82) is 0 Å². The summed E-state index contributed by atoms with van der Waals surface area (Å²) in [5.74, 6) is -0.0953. The van der Waals surface area contributed by atoms with Crippen LogP contribution in [0.4, 0.5) is 11.4 Å². The van der Waals surface area contributed by atoms with Gasteiger partial charge in [-0.2, -0.15) is 0 Å². The van der Waals surface area contributed by atoms with E-state index in [4.69, 9.17) is 0 Å². The van der Waals surface area contributed by atoms with Gasteiger partial charge >= 0.3 is 0 Å². The first-order chi connectivity index (χ1) is 13.4. The lowest BCUT2D eigenvalue weighted by Gasteiger charge is -2.36. The number of hydrogen-bond acceptors (Lipinski definition) is 3. The first-order valence-electron chi connectivity index (χ1n) is 9.92. The van der Waals surface area contributed by atoms with Gasteiger partial charge in [-0.1, -0.05) is 51.1 Å². The highest BCUT2D eigenvalue weighted by Crippen LogP contribution is 2.25. The minimum absolute atomic E-state index is 0.0297. The fourth-order valence-electron chi connectivity index (χ4n) is 3.21. The van der Waals surface area contributed by atoms with E-state index in [1.807, 2.05) is 56.0 Å². The van der Waals surface area contributed by atoms with Crippen molar-refractivity contribution >= 4 is 23.2 Å². The number of amides is 2. The van der Waals surface area contributed by atoms with Crippen LogP contribution in [0.2, 0.25) is 0 Å². The monoisotopic (exact) mass is 379 g/mol. The van der Waals surface area contributed by atoms with E-state index in [2.05, 4.69) is 22.3 Å². The van der Waals surface area contributed by atoms with Gasteiger partial charge in [0.15, 0.2) is 0 Å². The molecule has 2 amide bonds. The summed E-state index contributed by atoms with van der Waals surface area (Å²) in [4.78, 5) is 29.9. The van der Waals surface area contributed by atoms with Gasteiger partial charge in [-0.05, 0) is 30.7 Å². The zero-order valence-corrected chi connectivity index (χ0v) is 16.9. The standard InChI is InChI=1S/C23H29N3O2/c1-4-23(2,3)22(28)24-20-13-9-8-12-19(20)21(27)26-16-14-25(15-17-26)18-10-6-5-7-11-18/h5-13H,4,14-17H2,1-3H3,(H,24,28). The molecule has 0 aliphatic carbocycles. The second-order valence-electron chi connectivity index (χ2n) is 7.85. The molecule has 2 aromatic rings. The molecule has 148 valence electrons. The Morgan fingerprint density at radius 1 is 0.929 bits per heavy atom. The van der Waals surface area contributed by atoms with E-state index in [1.165, 1.54) is 5.69 Å². The van der Waals surface area contributed by atoms with E-state index in [-0.39, 0.29) is 11.8 Å². The molecule has 1 heterocycles. The van der Waals surface area contributed by atoms with E-state index in [0.29, 0.717) is 24.3 Å². The molecule has 5 nitrogen and oxygen atoms in total. The van der Waals surface area contributed by atoms with Crippen molar-refractivity contribution < 1.29 is 9.59 Å². The number of carbonyl (C=O) groups is 2. The van der Waals surface area contributed by atoms with Crippen LogP contribution in [0.15, 0.2) is 54.6 Å². The number of anilines is 2. The van der Waals surface area contributed by atoms with Crippen molar-refractivity contribution in [2.75, 3.05) is 36.4 Å². The third-order valence-corrected chi connectivity index (χ3v) is 5.59. The van der Waals surface area contributed by atoms with Crippen molar-refractivity contribution in [3.8, 4) is 0 Å². The Morgan fingerprint density at radius 3 is 2.18 bits per heavy atom. The zero-order valence-electron chi connectivity index (χ0n) is 16.9. The van der Waals surface area contributed by atoms with Gasteiger partial charge in [0.2, 0.25) is 5.91 Å². The number of benzene rings is 2. The molecule has 1 saturated heterocycles. The highest BCUT2D eigenvalue weighted by atomic mass is 16.2. The molecule has 1 aliphatic rings. The number of piperazine rings is 1. The maximum atomic E-state index is 13.1. The number of nitrogens with one attached hydrogen (secondary N) is 1. The SMILES string of the molecule is CCC(C)(C)C(=O)Nc1ccccc1C(=O)N1CCN(c2ccccc2)CC1. The number of para-hydroxylation sites is 2. The Bertz CT molecular complexity index is 825. The number of nitrogens with zero attached hydrogens (tertiary/aromatic N) is 2. The van der Waals surface area contributed by atoms with Gasteiger partial charge in [-0.3, -0.25) is 9.59 Å². The summed E-state index contributed by atoms with van der Waals surface area (Å²) in [6.45, 7) is 8.74. The molecule has 1 N–H and O–H groups in total. The lowest BCUT2D eigenvalue weighted by atomic mass is 9.89. The van der Waals surface area contributed by atoms with Crippen molar-refractivity contribution in [2.45, 2.75) is 27.2 Å². The van der Waals surface area contributed by atoms with Crippen LogP contribution in [0.5, 0.6) is 0 Å². The highest BCUT2D eigenvalue weighted by Gasteiger charge is 2.28. The summed E-state index contributed by atoms with van der Waals surface area (Å²) >= 11 is 0. The van der Waals surface area contributed by atoms with Crippen molar-refractivity contribution in [2.24, 2.45) is 5.41 Å². The average molecular weight is 380 g/mol. The maximum absolute atomic E-state index is 13.1. The molecule has 0 bridgehead atoms. The number of hydrogen-bond donors (Lipinski definition) is 1. The number of carbonyl (C=O) groups excluding carboxylic acids is 2. The van der Waals surface area contributed by atoms with Crippen LogP contribution >= 0.6 is 0 Å². The molecule has 5 heteroatoms. The Kier molecular flexibility index (Phi) is 6.02. The smallest absolute Gasteiger partial charge is 0.256 e. The van der Waals surface area contributed by atoms with Gasteiger partial charge in [0.05, 0.1) is 11.3 Å². The van der Waals surface area contributed by atoms with E-state index in [9.17, 15) is 9.59 Å². The molecular weight excluding hydrogens is 350 g/mol. The first kappa shape index (κ1) is 19.9. The summed E-state index contributed by atoms with van der Waals surface area (Å²) in [6, 6.07) is 17.5. The van der Waals surface area contributed by atoms with Crippen molar-refractivity contribution in [1.82, 2.24) is 4.90 Å². The van der Waals surface area contributed by atoms with E-state index < -0.39 is 5.41 Å². The summed E-state index contributed by atoms with van der Waals surface area (Å²) in [5.41, 5.74) is 1.85. The number of rotatable bonds is 5. The largest absolute Gasteiger partial charge is 0.368 e. The Labute approximate surface area is 167 Å². The summed E-state index contributed by atoms with van der Waals surface area (Å²) in [5, 5.41) is 2.96. The molecule has 0 unspecified atom stereocenters. The fourth-order valence-corrected chi connectivity index (χ4v) is 3.21. The minimum Gasteiger partial charge on any atom is -0.368 e. The Hall–Kier alpha value is -2.82. The van der Waals surface area contributed by atoms with E-state index >= 15 is 0 Å². The average Bonchev–Trinajstić information content (AvgIpc) is 2.74. The molecule has 0 atom stereocenters. The molecule has 28 heavy (non-hydrogen) atoms. The van der Waals surface area contributed by atoms with Gasteiger partial charge in [0.1, 0.15) is 0 Å². The first-order valence-corrected chi connectivity index (χ1v) is 9.92. The van der Waals surface area contributed by atoms with Gasteiger partial charge in [-0.15, -0.1) is 0 Å². The Morgan fingerprint density at radius 2 is 1.54 bits per heavy atom. The topological polar surface area (TPSA) is 52.7 Å². The third kappa shape index (κ3) is 4.35. The van der Waals surface area contributed by atoms with Crippen LogP contribution in [0.3, 0.4) is 0 Å². The molecule has 0 aromatic heterocycles. The molecule has 0 radical (unpaired) electrons. The summed E-state index contributed by atoms with van der Waals surface area (Å²) in [7, 11) is 0. The quantitative estimate of drug-likeness (QED) is 0.854. The predicted octanol–water partition coefficient (Wildman–Crippen LogP) is 4.02. The van der Waals surface area contributed by atoms with Gasteiger partial charge in [-0.25, -0.2) is 0 Å². The Balaban J connectivity index is 1.69. The van der Waals surface area contributed by atoms with Crippen LogP contribution in [0, 0.1) is 5.41 Å². The van der Waals surface area contributed by atoms with E-state index in [1.54, 1.807) is 12.1 Å². The lowest BCUT2D eigenvalue weighted by Crippen LogP contribution is -2.49. The highest BCUT2D eigenvalue weighted by molar-refractivity contribution is 6.04. The second-order valence-corrected chi connectivity index (χ2v) is 7.85. The van der Waals surface area contributed by atoms with Crippen molar-refractivity contribution in [3.63, 3.8) is 0 Å². The molecular formula is C23H29N3O2. The van der Waals surface area contributed by atoms with Crippen LogP contribution in [0.25, 0.3) is 0 Å². The van der Waals surface area contributed by atoms with Gasteiger partial charge in [0.25, 0.3) is 5.91 Å². The molecule has 2 aromatic carbocycles. The molecule has 1 fully saturated rings. The summed E-state index contributed by atoms with van der Waals surface area (Å²) < 4.78 is 0. The maximum Gasteiger partial charge on any atom is 0.256 e. The summed E-state index contributed by atoms with van der Waals surface area (Å²) in [6.07, 6.45) is 0.733. The normalized spacial score (nSPS) is 14.7. The minimum atomic E-state index is -0.475. The second kappa shape index (κ2) is 8.46. The van der Waals surface area contributed by atoms with E-state index in [0.717, 1.165) is 19.5 Å². The van der Waals surface area contributed by atoms with Crippen LogP contribution in [0.1, 0.15) is 37.6 Å². The molecule has 3 rings (SSSR count). The van der Waals surface area contributed by atoms with Crippen molar-refractivity contribution in [3.05, 3.63) is 60.2 Å². The molecule has 0 spiro atoms. The van der Waals surface area contributed by atoms with Crippen LogP contribution < -0.4 is 10.2 Å².